The van der Waals surface area contributed by atoms with Gasteiger partial charge in [0, 0.05) is 22.0 Å². The molecule has 0 saturated carbocycles. The van der Waals surface area contributed by atoms with Gasteiger partial charge in [0.25, 0.3) is 0 Å². The van der Waals surface area contributed by atoms with Gasteiger partial charge in [-0.05, 0) is 66.0 Å². The zero-order chi connectivity index (χ0) is 24.6. The van der Waals surface area contributed by atoms with E-state index in [0.29, 0.717) is 0 Å². The first-order valence-corrected chi connectivity index (χ1v) is 12.6. The summed E-state index contributed by atoms with van der Waals surface area (Å²) in [5, 5.41) is 9.41. The molecule has 3 aromatic carbocycles. The van der Waals surface area contributed by atoms with Crippen molar-refractivity contribution < 1.29 is 0 Å². The van der Waals surface area contributed by atoms with E-state index < -0.39 is 5.62 Å². The Balaban J connectivity index is 1.33. The van der Waals surface area contributed by atoms with Crippen molar-refractivity contribution in [3.05, 3.63) is 126 Å². The van der Waals surface area contributed by atoms with Gasteiger partial charge in [-0.15, -0.1) is 0 Å². The molecule has 178 valence electrons. The number of halogens is 1. The summed E-state index contributed by atoms with van der Waals surface area (Å²) in [6.07, 6.45) is 7.74. The highest BCUT2D eigenvalue weighted by Gasteiger charge is 2.26. The molecule has 36 heavy (non-hydrogen) atoms. The molecule has 4 aromatic rings. The van der Waals surface area contributed by atoms with Crippen LogP contribution in [0.2, 0.25) is 0 Å². The highest BCUT2D eigenvalue weighted by atomic mass is 35.5. The highest BCUT2D eigenvalue weighted by Crippen LogP contribution is 2.32. The monoisotopic (exact) mass is 490 g/mol. The van der Waals surface area contributed by atoms with Crippen molar-refractivity contribution in [2.24, 2.45) is 4.99 Å². The average Bonchev–Trinajstić information content (AvgIpc) is 3.27. The Morgan fingerprint density at radius 3 is 2.17 bits per heavy atom. The maximum atomic E-state index is 6.53. The number of benzene rings is 3. The van der Waals surface area contributed by atoms with Crippen LogP contribution < -0.4 is 10.6 Å². The van der Waals surface area contributed by atoms with Crippen molar-refractivity contribution in [3.8, 4) is 5.69 Å². The first-order valence-electron chi connectivity index (χ1n) is 12.2. The van der Waals surface area contributed by atoms with Crippen molar-refractivity contribution in [3.63, 3.8) is 0 Å². The molecule has 0 bridgehead atoms. The number of aliphatic imine (C=N–C) groups is 1. The number of para-hydroxylation sites is 2. The summed E-state index contributed by atoms with van der Waals surface area (Å²) in [6.45, 7) is 7.90. The maximum absolute atomic E-state index is 6.53. The van der Waals surface area contributed by atoms with Crippen molar-refractivity contribution in [2.75, 3.05) is 0 Å². The van der Waals surface area contributed by atoms with Crippen LogP contribution in [0.15, 0.2) is 126 Å². The van der Waals surface area contributed by atoms with E-state index in [1.807, 2.05) is 12.2 Å². The third-order valence-corrected chi connectivity index (χ3v) is 7.26. The fourth-order valence-electron chi connectivity index (χ4n) is 5.26. The summed E-state index contributed by atoms with van der Waals surface area (Å²) < 4.78 is 2.31. The molecule has 2 aliphatic rings. The molecular formula is C31H27ClN4. The van der Waals surface area contributed by atoms with Crippen LogP contribution in [-0.2, 0) is 0 Å². The minimum Gasteiger partial charge on any atom is -0.351 e. The number of nitrogens with zero attached hydrogens (tertiary/aromatic N) is 2. The molecule has 2 heterocycles. The first-order chi connectivity index (χ1) is 17.7. The normalized spacial score (nSPS) is 20.1. The second kappa shape index (κ2) is 9.30. The molecule has 2 atom stereocenters. The lowest BCUT2D eigenvalue weighted by Crippen LogP contribution is -2.53. The van der Waals surface area contributed by atoms with Gasteiger partial charge in [-0.1, -0.05) is 79.4 Å². The Morgan fingerprint density at radius 2 is 1.53 bits per heavy atom. The lowest BCUT2D eigenvalue weighted by atomic mass is 9.90. The van der Waals surface area contributed by atoms with Gasteiger partial charge in [-0.2, -0.15) is 0 Å². The minimum absolute atomic E-state index is 0.0988. The van der Waals surface area contributed by atoms with Crippen molar-refractivity contribution in [1.29, 1.82) is 0 Å². The van der Waals surface area contributed by atoms with Gasteiger partial charge in [0.1, 0.15) is 12.0 Å². The van der Waals surface area contributed by atoms with E-state index in [1.54, 1.807) is 0 Å². The summed E-state index contributed by atoms with van der Waals surface area (Å²) in [7, 11) is 0. The molecule has 2 N–H and O–H groups in total. The number of allylic oxidation sites excluding steroid dienone is 5. The third-order valence-electron chi connectivity index (χ3n) is 7.04. The molecule has 6 rings (SSSR count). The number of amidine groups is 1. The molecule has 4 nitrogen and oxygen atoms in total. The Morgan fingerprint density at radius 1 is 0.861 bits per heavy atom. The molecule has 2 unspecified atom stereocenters. The lowest BCUT2D eigenvalue weighted by Gasteiger charge is -2.32. The van der Waals surface area contributed by atoms with Gasteiger partial charge in [-0.25, -0.2) is 4.99 Å². The van der Waals surface area contributed by atoms with Gasteiger partial charge in [-0.3, -0.25) is 5.32 Å². The molecule has 0 spiro atoms. The second-order valence-corrected chi connectivity index (χ2v) is 9.50. The second-order valence-electron chi connectivity index (χ2n) is 9.08. The van der Waals surface area contributed by atoms with E-state index in [1.165, 1.54) is 33.0 Å². The van der Waals surface area contributed by atoms with Gasteiger partial charge < -0.3 is 9.88 Å². The fraction of sp³-hybridized carbons (Fsp3) is 0.129. The Bertz CT molecular complexity index is 1530. The Kier molecular flexibility index (Phi) is 5.84. The lowest BCUT2D eigenvalue weighted by molar-refractivity contribution is 0.487. The van der Waals surface area contributed by atoms with Crippen LogP contribution >= 0.6 is 11.6 Å². The number of alkyl halides is 1. The van der Waals surface area contributed by atoms with E-state index in [0.717, 1.165) is 35.5 Å². The molecule has 5 heteroatoms. The van der Waals surface area contributed by atoms with Crippen molar-refractivity contribution >= 4 is 39.2 Å². The molecule has 0 fully saturated rings. The number of hydrogen-bond donors (Lipinski definition) is 2. The smallest absolute Gasteiger partial charge is 0.179 e. The molecule has 0 radical (unpaired) electrons. The molecule has 0 saturated heterocycles. The fourth-order valence-corrected chi connectivity index (χ4v) is 5.48. The molecular weight excluding hydrogens is 464 g/mol. The molecule has 1 aliphatic carbocycles. The number of rotatable bonds is 5. The van der Waals surface area contributed by atoms with Crippen LogP contribution in [0.3, 0.4) is 0 Å². The zero-order valence-electron chi connectivity index (χ0n) is 19.9. The van der Waals surface area contributed by atoms with Crippen LogP contribution in [0, 0.1) is 0 Å². The SMILES string of the molecule is C=CC1=C(C=C)CCC(C2NC(c3ccc(-n4c5ccccc5c5ccccc54)cc3)=NC(Cl)N2)=C1. The van der Waals surface area contributed by atoms with Crippen molar-refractivity contribution in [1.82, 2.24) is 15.2 Å². The van der Waals surface area contributed by atoms with Gasteiger partial charge in [0.05, 0.1) is 11.0 Å². The van der Waals surface area contributed by atoms with Crippen LogP contribution in [0.25, 0.3) is 27.5 Å². The highest BCUT2D eigenvalue weighted by molar-refractivity contribution is 6.21. The topological polar surface area (TPSA) is 41.4 Å². The molecule has 1 aliphatic heterocycles. The predicted octanol–water partition coefficient (Wildman–Crippen LogP) is 6.96. The summed E-state index contributed by atoms with van der Waals surface area (Å²) in [5.41, 5.74) is 7.55. The van der Waals surface area contributed by atoms with Crippen molar-refractivity contribution in [2.45, 2.75) is 24.6 Å². The predicted molar refractivity (Wildman–Crippen MR) is 152 cm³/mol. The summed E-state index contributed by atoms with van der Waals surface area (Å²) >= 11 is 6.53. The van der Waals surface area contributed by atoms with Gasteiger partial charge >= 0.3 is 0 Å². The van der Waals surface area contributed by atoms with E-state index in [4.69, 9.17) is 11.6 Å². The van der Waals surface area contributed by atoms with Crippen LogP contribution in [-0.4, -0.2) is 22.2 Å². The minimum atomic E-state index is -0.513. The molecule has 0 amide bonds. The number of fused-ring (bicyclic) bond motifs is 3. The summed E-state index contributed by atoms with van der Waals surface area (Å²) in [5.74, 6) is 0.784. The van der Waals surface area contributed by atoms with E-state index in [9.17, 15) is 0 Å². The summed E-state index contributed by atoms with van der Waals surface area (Å²) in [6, 6.07) is 25.6. The van der Waals surface area contributed by atoms with Crippen LogP contribution in [0.5, 0.6) is 0 Å². The van der Waals surface area contributed by atoms with E-state index >= 15 is 0 Å². The first kappa shape index (κ1) is 22.6. The zero-order valence-corrected chi connectivity index (χ0v) is 20.7. The Labute approximate surface area is 216 Å². The van der Waals surface area contributed by atoms with Crippen LogP contribution in [0.1, 0.15) is 18.4 Å². The number of hydrogen-bond acceptors (Lipinski definition) is 3. The quantitative estimate of drug-likeness (QED) is 0.234. The maximum Gasteiger partial charge on any atom is 0.179 e. The number of nitrogens with one attached hydrogen (secondary N) is 2. The summed E-state index contributed by atoms with van der Waals surface area (Å²) in [4.78, 5) is 4.64. The largest absolute Gasteiger partial charge is 0.351 e. The number of aromatic nitrogens is 1. The standard InChI is InChI=1S/C31H27ClN4/c1-3-20-13-14-23(19-21(20)4-2)30-33-29(34-31(32)35-30)22-15-17-24(18-16-22)36-27-11-7-5-9-25(27)26-10-6-8-12-28(26)36/h3-12,15-19,30-31,35H,1-2,13-14H2,(H,33,34). The van der Waals surface area contributed by atoms with E-state index in [-0.39, 0.29) is 6.17 Å². The van der Waals surface area contributed by atoms with E-state index in [2.05, 4.69) is 112 Å². The van der Waals surface area contributed by atoms with Gasteiger partial charge in [0.15, 0.2) is 5.62 Å². The van der Waals surface area contributed by atoms with Gasteiger partial charge in [0.2, 0.25) is 0 Å². The van der Waals surface area contributed by atoms with Crippen LogP contribution in [0.4, 0.5) is 0 Å². The molecule has 1 aromatic heterocycles. The third kappa shape index (κ3) is 3.89. The Hall–Kier alpha value is -3.86. The average molecular weight is 491 g/mol.